The highest BCUT2D eigenvalue weighted by atomic mass is 16.5. The van der Waals surface area contributed by atoms with Gasteiger partial charge in [0.05, 0.1) is 39.1 Å². The number of aromatic nitrogens is 7. The fourth-order valence-corrected chi connectivity index (χ4v) is 9.64. The van der Waals surface area contributed by atoms with Crippen molar-refractivity contribution in [3.05, 3.63) is 218 Å². The van der Waals surface area contributed by atoms with Crippen molar-refractivity contribution in [2.45, 2.75) is 52.4 Å². The minimum atomic E-state index is 0.0269. The molecule has 350 valence electrons. The quantitative estimate of drug-likeness (QED) is 0.134. The Kier molecular flexibility index (Phi) is 10.7. The minimum absolute atomic E-state index is 0.0269. The van der Waals surface area contributed by atoms with Gasteiger partial charge in [-0.15, -0.1) is 0 Å². The van der Waals surface area contributed by atoms with E-state index in [1.165, 1.54) is 32.9 Å². The highest BCUT2D eigenvalue weighted by molar-refractivity contribution is 6.11. The van der Waals surface area contributed by atoms with Crippen LogP contribution in [0.2, 0.25) is 0 Å². The fourth-order valence-electron chi connectivity index (χ4n) is 9.64. The van der Waals surface area contributed by atoms with Gasteiger partial charge in [0, 0.05) is 69.3 Å². The summed E-state index contributed by atoms with van der Waals surface area (Å²) in [7, 11) is 0. The first-order valence-electron chi connectivity index (χ1n) is 24.3. The monoisotopic (exact) mass is 938 g/mol. The lowest BCUT2D eigenvalue weighted by atomic mass is 9.85. The Hall–Kier alpha value is -8.95. The molecule has 9 heteroatoms. The van der Waals surface area contributed by atoms with Crippen molar-refractivity contribution < 1.29 is 14.0 Å². The van der Waals surface area contributed by atoms with Crippen molar-refractivity contribution in [1.82, 2.24) is 29.1 Å². The molecular weight excluding hydrogens is 887 g/mol. The average molecular weight is 939 g/mol. The third kappa shape index (κ3) is 8.28. The lowest BCUT2D eigenvalue weighted by Gasteiger charge is -2.19. The normalized spacial score (nSPS) is 12.0. The molecule has 0 unspecified atom stereocenters. The summed E-state index contributed by atoms with van der Waals surface area (Å²) in [6, 6.07) is 58.3. The largest absolute Gasteiger partial charge is 0.457 e. The second-order valence-corrected chi connectivity index (χ2v) is 20.4. The third-order valence-electron chi connectivity index (χ3n) is 13.5. The number of ether oxygens (including phenoxy) is 2. The van der Waals surface area contributed by atoms with Crippen LogP contribution in [0.1, 0.15) is 52.7 Å². The Bertz CT molecular complexity index is 3770. The maximum atomic E-state index is 6.57. The maximum Gasteiger partial charge on any atom is 0.247 e. The lowest BCUT2D eigenvalue weighted by Crippen LogP contribution is -2.30. The first kappa shape index (κ1) is 44.3. The Morgan fingerprint density at radius 3 is 1.35 bits per heavy atom. The maximum absolute atomic E-state index is 6.57. The first-order chi connectivity index (χ1) is 34.9. The second kappa shape index (κ2) is 17.5. The van der Waals surface area contributed by atoms with Crippen LogP contribution in [-0.4, -0.2) is 29.1 Å². The standard InChI is InChI=1S/C63H52N7O2/c1-62(2,3)43-19-25-57-53(35-43)54-36-44(63(4,5)6)20-26-58(54)69(57)45-27-31-68(32-28-45)46-39-66-61(67-40-46)70-59-37-49(71-47-15-11-13-41(33-47)55-17-7-9-29-64-55)21-23-51(59)52-24-22-50(38-60(52)70)72-48-16-12-14-42(34-48)56-18-8-10-30-65-56/h7-40H,1-6H3/q+1. The summed E-state index contributed by atoms with van der Waals surface area (Å²) < 4.78 is 19.6. The predicted octanol–water partition coefficient (Wildman–Crippen LogP) is 15.3. The number of fused-ring (bicyclic) bond motifs is 6. The molecule has 0 amide bonds. The van der Waals surface area contributed by atoms with Gasteiger partial charge in [0.2, 0.25) is 11.6 Å². The minimum Gasteiger partial charge on any atom is -0.457 e. The summed E-state index contributed by atoms with van der Waals surface area (Å²) in [4.78, 5) is 19.2. The fraction of sp³-hybridized carbons (Fsp3) is 0.127. The molecule has 0 aliphatic rings. The van der Waals surface area contributed by atoms with Crippen molar-refractivity contribution in [2.24, 2.45) is 0 Å². The summed E-state index contributed by atoms with van der Waals surface area (Å²) >= 11 is 0. The molecule has 12 rings (SSSR count). The summed E-state index contributed by atoms with van der Waals surface area (Å²) in [6.07, 6.45) is 11.5. The van der Waals surface area contributed by atoms with Gasteiger partial charge in [0.15, 0.2) is 12.4 Å². The van der Waals surface area contributed by atoms with Gasteiger partial charge < -0.3 is 14.0 Å². The van der Waals surface area contributed by atoms with E-state index in [9.17, 15) is 0 Å². The Morgan fingerprint density at radius 2 is 0.889 bits per heavy atom. The molecule has 6 aromatic carbocycles. The lowest BCUT2D eigenvalue weighted by molar-refractivity contribution is -0.596. The SMILES string of the molecule is CC(C)(C)c1ccc2c(c1)c1cc(C(C)(C)C)ccc1n2-c1cc[n+](-c2cnc(-n3c4cc(Oc5cccc(-c6ccccn6)c5)ccc4c4ccc(Oc5cccc(-c6ccccn6)c5)cc43)nc2)cc1. The van der Waals surface area contributed by atoms with Gasteiger partial charge in [-0.05, 0) is 119 Å². The summed E-state index contributed by atoms with van der Waals surface area (Å²) in [5.41, 5.74) is 12.4. The van der Waals surface area contributed by atoms with Crippen molar-refractivity contribution in [3.63, 3.8) is 0 Å². The van der Waals surface area contributed by atoms with E-state index in [0.29, 0.717) is 28.9 Å². The zero-order valence-corrected chi connectivity index (χ0v) is 41.1. The van der Waals surface area contributed by atoms with Gasteiger partial charge in [-0.1, -0.05) is 90.1 Å². The molecule has 0 radical (unpaired) electrons. The first-order valence-corrected chi connectivity index (χ1v) is 24.3. The molecule has 12 aromatic rings. The van der Waals surface area contributed by atoms with Crippen LogP contribution in [-0.2, 0) is 10.8 Å². The molecule has 0 fully saturated rings. The molecular formula is C63H52N7O2+. The Labute approximate surface area is 418 Å². The zero-order valence-electron chi connectivity index (χ0n) is 41.1. The van der Waals surface area contributed by atoms with Crippen LogP contribution < -0.4 is 14.0 Å². The number of hydrogen-bond acceptors (Lipinski definition) is 6. The van der Waals surface area contributed by atoms with E-state index in [1.54, 1.807) is 12.4 Å². The molecule has 0 N–H and O–H groups in total. The van der Waals surface area contributed by atoms with Crippen LogP contribution in [0.4, 0.5) is 0 Å². The van der Waals surface area contributed by atoms with E-state index in [1.807, 2.05) is 122 Å². The molecule has 6 aromatic heterocycles. The van der Waals surface area contributed by atoms with Gasteiger partial charge >= 0.3 is 0 Å². The van der Waals surface area contributed by atoms with Crippen LogP contribution in [0, 0.1) is 0 Å². The highest BCUT2D eigenvalue weighted by Gasteiger charge is 2.23. The molecule has 0 aliphatic carbocycles. The van der Waals surface area contributed by atoms with Gasteiger partial charge in [-0.2, -0.15) is 4.57 Å². The molecule has 0 saturated carbocycles. The molecule has 9 nitrogen and oxygen atoms in total. The average Bonchev–Trinajstić information content (AvgIpc) is 3.90. The van der Waals surface area contributed by atoms with Crippen LogP contribution in [0.25, 0.3) is 83.4 Å². The van der Waals surface area contributed by atoms with Crippen LogP contribution in [0.15, 0.2) is 207 Å². The number of benzene rings is 6. The van der Waals surface area contributed by atoms with Crippen molar-refractivity contribution in [2.75, 3.05) is 0 Å². The highest BCUT2D eigenvalue weighted by Crippen LogP contribution is 2.40. The number of nitrogens with zero attached hydrogens (tertiary/aromatic N) is 7. The van der Waals surface area contributed by atoms with Gasteiger partial charge in [0.1, 0.15) is 35.4 Å². The van der Waals surface area contributed by atoms with Crippen LogP contribution in [0.5, 0.6) is 23.0 Å². The van der Waals surface area contributed by atoms with E-state index >= 15 is 0 Å². The smallest absolute Gasteiger partial charge is 0.247 e. The molecule has 0 saturated heterocycles. The zero-order chi connectivity index (χ0) is 49.1. The summed E-state index contributed by atoms with van der Waals surface area (Å²) in [5, 5.41) is 4.57. The summed E-state index contributed by atoms with van der Waals surface area (Å²) in [5.74, 6) is 3.26. The molecule has 6 heterocycles. The van der Waals surface area contributed by atoms with Crippen LogP contribution in [0.3, 0.4) is 0 Å². The molecule has 0 bridgehead atoms. The second-order valence-electron chi connectivity index (χ2n) is 20.4. The van der Waals surface area contributed by atoms with Crippen molar-refractivity contribution in [3.8, 4) is 62.8 Å². The van der Waals surface area contributed by atoms with Crippen molar-refractivity contribution >= 4 is 43.6 Å². The van der Waals surface area contributed by atoms with Gasteiger partial charge in [-0.25, -0.2) is 9.97 Å². The van der Waals surface area contributed by atoms with E-state index < -0.39 is 0 Å². The molecule has 0 spiro atoms. The van der Waals surface area contributed by atoms with Crippen molar-refractivity contribution in [1.29, 1.82) is 0 Å². The predicted molar refractivity (Wildman–Crippen MR) is 289 cm³/mol. The molecule has 72 heavy (non-hydrogen) atoms. The number of pyridine rings is 3. The van der Waals surface area contributed by atoms with Crippen LogP contribution >= 0.6 is 0 Å². The molecule has 0 aliphatic heterocycles. The Balaban J connectivity index is 0.917. The van der Waals surface area contributed by atoms with Gasteiger partial charge in [0.25, 0.3) is 0 Å². The van der Waals surface area contributed by atoms with E-state index in [4.69, 9.17) is 19.4 Å². The number of hydrogen-bond donors (Lipinski definition) is 0. The Morgan fingerprint density at radius 1 is 0.403 bits per heavy atom. The van der Waals surface area contributed by atoms with E-state index in [2.05, 4.69) is 138 Å². The van der Waals surface area contributed by atoms with E-state index in [0.717, 1.165) is 55.7 Å². The molecule has 0 atom stereocenters. The topological polar surface area (TPSA) is 83.8 Å². The number of rotatable bonds is 9. The van der Waals surface area contributed by atoms with Gasteiger partial charge in [-0.3, -0.25) is 14.5 Å². The third-order valence-corrected chi connectivity index (χ3v) is 13.5. The van der Waals surface area contributed by atoms with E-state index in [-0.39, 0.29) is 10.8 Å². The summed E-state index contributed by atoms with van der Waals surface area (Å²) in [6.45, 7) is 13.7.